The Morgan fingerprint density at radius 1 is 1.40 bits per heavy atom. The summed E-state index contributed by atoms with van der Waals surface area (Å²) in [6.45, 7) is 5.14. The highest BCUT2D eigenvalue weighted by Crippen LogP contribution is 2.30. The van der Waals surface area contributed by atoms with Crippen LogP contribution in [-0.4, -0.2) is 12.5 Å². The molecule has 2 nitrogen and oxygen atoms in total. The van der Waals surface area contributed by atoms with Crippen LogP contribution in [0.4, 0.5) is 0 Å². The van der Waals surface area contributed by atoms with Gasteiger partial charge in [0.05, 0.1) is 5.56 Å². The fourth-order valence-corrected chi connectivity index (χ4v) is 3.55. The van der Waals surface area contributed by atoms with Gasteiger partial charge in [-0.2, -0.15) is 0 Å². The Labute approximate surface area is 130 Å². The Kier molecular flexibility index (Phi) is 5.64. The van der Waals surface area contributed by atoms with Crippen molar-refractivity contribution in [1.29, 1.82) is 0 Å². The van der Waals surface area contributed by atoms with Crippen molar-refractivity contribution < 1.29 is 4.79 Å². The van der Waals surface area contributed by atoms with Gasteiger partial charge in [0.25, 0.3) is 5.91 Å². The summed E-state index contributed by atoms with van der Waals surface area (Å²) < 4.78 is 0.867. The van der Waals surface area contributed by atoms with Crippen LogP contribution in [0.1, 0.15) is 54.9 Å². The SMILES string of the molecule is Cc1ccc(Br)c(C(=O)NCCC2CCCC(C)C2)c1. The van der Waals surface area contributed by atoms with Gasteiger partial charge in [-0.15, -0.1) is 0 Å². The van der Waals surface area contributed by atoms with Crippen molar-refractivity contribution in [2.75, 3.05) is 6.54 Å². The molecule has 0 saturated heterocycles. The van der Waals surface area contributed by atoms with E-state index >= 15 is 0 Å². The van der Waals surface area contributed by atoms with Crippen LogP contribution in [0.2, 0.25) is 0 Å². The van der Waals surface area contributed by atoms with Crippen LogP contribution in [-0.2, 0) is 0 Å². The summed E-state index contributed by atoms with van der Waals surface area (Å²) in [5, 5.41) is 3.06. The summed E-state index contributed by atoms with van der Waals surface area (Å²) in [5.41, 5.74) is 1.85. The van der Waals surface area contributed by atoms with E-state index in [2.05, 4.69) is 28.2 Å². The predicted octanol–water partition coefficient (Wildman–Crippen LogP) is 4.70. The van der Waals surface area contributed by atoms with Crippen LogP contribution in [0.5, 0.6) is 0 Å². The van der Waals surface area contributed by atoms with Gasteiger partial charge in [-0.05, 0) is 59.7 Å². The summed E-state index contributed by atoms with van der Waals surface area (Å²) in [6, 6.07) is 5.87. The molecule has 3 heteroatoms. The maximum atomic E-state index is 12.2. The quantitative estimate of drug-likeness (QED) is 0.847. The van der Waals surface area contributed by atoms with E-state index in [-0.39, 0.29) is 5.91 Å². The van der Waals surface area contributed by atoms with Crippen LogP contribution in [0.25, 0.3) is 0 Å². The highest BCUT2D eigenvalue weighted by Gasteiger charge is 2.19. The molecule has 1 aromatic rings. The minimum absolute atomic E-state index is 0.0319. The first-order valence-corrected chi connectivity index (χ1v) is 8.40. The average molecular weight is 338 g/mol. The fraction of sp³-hybridized carbons (Fsp3) is 0.588. The number of rotatable bonds is 4. The highest BCUT2D eigenvalue weighted by molar-refractivity contribution is 9.10. The van der Waals surface area contributed by atoms with Crippen molar-refractivity contribution in [3.05, 3.63) is 33.8 Å². The lowest BCUT2D eigenvalue weighted by molar-refractivity contribution is 0.0948. The van der Waals surface area contributed by atoms with E-state index in [0.717, 1.165) is 40.4 Å². The Morgan fingerprint density at radius 2 is 2.20 bits per heavy atom. The summed E-state index contributed by atoms with van der Waals surface area (Å²) in [6.07, 6.45) is 6.49. The van der Waals surface area contributed by atoms with Crippen LogP contribution in [0.15, 0.2) is 22.7 Å². The van der Waals surface area contributed by atoms with E-state index in [1.54, 1.807) is 0 Å². The molecule has 0 aliphatic heterocycles. The van der Waals surface area contributed by atoms with Crippen LogP contribution in [0, 0.1) is 18.8 Å². The molecule has 1 saturated carbocycles. The van der Waals surface area contributed by atoms with Crippen molar-refractivity contribution in [3.8, 4) is 0 Å². The third-order valence-electron chi connectivity index (χ3n) is 4.25. The molecule has 1 aliphatic rings. The van der Waals surface area contributed by atoms with Crippen molar-refractivity contribution >= 4 is 21.8 Å². The predicted molar refractivity (Wildman–Crippen MR) is 87.0 cm³/mol. The molecule has 0 radical (unpaired) electrons. The van der Waals surface area contributed by atoms with Crippen LogP contribution < -0.4 is 5.32 Å². The largest absolute Gasteiger partial charge is 0.352 e. The second-order valence-electron chi connectivity index (χ2n) is 6.17. The van der Waals surface area contributed by atoms with Crippen LogP contribution in [0.3, 0.4) is 0 Å². The Balaban J connectivity index is 1.81. The molecular formula is C17H24BrNO. The molecule has 2 unspecified atom stereocenters. The molecule has 20 heavy (non-hydrogen) atoms. The molecule has 2 atom stereocenters. The number of hydrogen-bond donors (Lipinski definition) is 1. The topological polar surface area (TPSA) is 29.1 Å². The van der Waals surface area contributed by atoms with Crippen LogP contribution >= 0.6 is 15.9 Å². The third kappa shape index (κ3) is 4.34. The third-order valence-corrected chi connectivity index (χ3v) is 4.94. The lowest BCUT2D eigenvalue weighted by Gasteiger charge is -2.26. The molecule has 1 fully saturated rings. The molecule has 0 bridgehead atoms. The van der Waals surface area contributed by atoms with Crippen molar-refractivity contribution in [3.63, 3.8) is 0 Å². The Hall–Kier alpha value is -0.830. The first kappa shape index (κ1) is 15.6. The number of aryl methyl sites for hydroxylation is 1. The molecule has 1 amide bonds. The summed E-state index contributed by atoms with van der Waals surface area (Å²) >= 11 is 3.45. The second kappa shape index (κ2) is 7.26. The minimum atomic E-state index is 0.0319. The second-order valence-corrected chi connectivity index (χ2v) is 7.02. The van der Waals surface area contributed by atoms with E-state index in [1.807, 2.05) is 25.1 Å². The maximum Gasteiger partial charge on any atom is 0.252 e. The number of benzene rings is 1. The van der Waals surface area contributed by atoms with Gasteiger partial charge < -0.3 is 5.32 Å². The zero-order chi connectivity index (χ0) is 14.5. The van der Waals surface area contributed by atoms with Crippen molar-refractivity contribution in [1.82, 2.24) is 5.32 Å². The molecule has 0 aromatic heterocycles. The van der Waals surface area contributed by atoms with Gasteiger partial charge in [-0.3, -0.25) is 4.79 Å². The first-order valence-electron chi connectivity index (χ1n) is 7.60. The number of hydrogen-bond acceptors (Lipinski definition) is 1. The number of amides is 1. The van der Waals surface area contributed by atoms with E-state index < -0.39 is 0 Å². The van der Waals surface area contributed by atoms with Crippen molar-refractivity contribution in [2.45, 2.75) is 46.0 Å². The molecule has 0 spiro atoms. The van der Waals surface area contributed by atoms with Gasteiger partial charge in [-0.25, -0.2) is 0 Å². The Bertz CT molecular complexity index is 472. The van der Waals surface area contributed by atoms with E-state index in [9.17, 15) is 4.79 Å². The molecule has 0 heterocycles. The van der Waals surface area contributed by atoms with E-state index in [1.165, 1.54) is 25.7 Å². The molecule has 110 valence electrons. The molecule has 2 rings (SSSR count). The van der Waals surface area contributed by atoms with Gasteiger partial charge in [0.2, 0.25) is 0 Å². The molecule has 1 N–H and O–H groups in total. The van der Waals surface area contributed by atoms with Gasteiger partial charge in [0.15, 0.2) is 0 Å². The zero-order valence-electron chi connectivity index (χ0n) is 12.4. The summed E-state index contributed by atoms with van der Waals surface area (Å²) in [5.74, 6) is 1.68. The molecule has 1 aromatic carbocycles. The summed E-state index contributed by atoms with van der Waals surface area (Å²) in [4.78, 5) is 12.2. The standard InChI is InChI=1S/C17H24BrNO/c1-12-4-3-5-14(10-12)8-9-19-17(20)15-11-13(2)6-7-16(15)18/h6-7,11-12,14H,3-5,8-10H2,1-2H3,(H,19,20). The van der Waals surface area contributed by atoms with Gasteiger partial charge in [0.1, 0.15) is 0 Å². The lowest BCUT2D eigenvalue weighted by atomic mass is 9.81. The normalized spacial score (nSPS) is 22.6. The minimum Gasteiger partial charge on any atom is -0.352 e. The van der Waals surface area contributed by atoms with E-state index in [4.69, 9.17) is 0 Å². The molecule has 1 aliphatic carbocycles. The number of halogens is 1. The maximum absolute atomic E-state index is 12.2. The number of nitrogens with one attached hydrogen (secondary N) is 1. The number of carbonyl (C=O) groups is 1. The summed E-state index contributed by atoms with van der Waals surface area (Å²) in [7, 11) is 0. The monoisotopic (exact) mass is 337 g/mol. The smallest absolute Gasteiger partial charge is 0.252 e. The van der Waals surface area contributed by atoms with Crippen molar-refractivity contribution in [2.24, 2.45) is 11.8 Å². The highest BCUT2D eigenvalue weighted by atomic mass is 79.9. The van der Waals surface area contributed by atoms with Gasteiger partial charge >= 0.3 is 0 Å². The first-order chi connectivity index (χ1) is 9.56. The Morgan fingerprint density at radius 3 is 2.95 bits per heavy atom. The molecular weight excluding hydrogens is 314 g/mol. The van der Waals surface area contributed by atoms with Gasteiger partial charge in [-0.1, -0.05) is 37.8 Å². The number of carbonyl (C=O) groups excluding carboxylic acids is 1. The zero-order valence-corrected chi connectivity index (χ0v) is 14.0. The van der Waals surface area contributed by atoms with E-state index in [0.29, 0.717) is 0 Å². The fourth-order valence-electron chi connectivity index (χ4n) is 3.12. The van der Waals surface area contributed by atoms with Gasteiger partial charge in [0, 0.05) is 11.0 Å². The average Bonchev–Trinajstić information content (AvgIpc) is 2.41. The lowest BCUT2D eigenvalue weighted by Crippen LogP contribution is -2.27.